The predicted molar refractivity (Wildman–Crippen MR) is 68.3 cm³/mol. The lowest BCUT2D eigenvalue weighted by atomic mass is 10.1. The van der Waals surface area contributed by atoms with Gasteiger partial charge in [0.25, 0.3) is 0 Å². The Balaban J connectivity index is 2.22. The Hall–Kier alpha value is -2.82. The Morgan fingerprint density at radius 2 is 2.11 bits per heavy atom. The first-order valence-corrected chi connectivity index (χ1v) is 5.59. The van der Waals surface area contributed by atoms with Crippen molar-refractivity contribution in [2.75, 3.05) is 0 Å². The molecule has 0 fully saturated rings. The van der Waals surface area contributed by atoms with Crippen LogP contribution in [0.5, 0.6) is 0 Å². The van der Waals surface area contributed by atoms with Gasteiger partial charge in [-0.3, -0.25) is 4.79 Å². The number of carboxylic acids is 1. The molecule has 0 aliphatic carbocycles. The van der Waals surface area contributed by atoms with Crippen molar-refractivity contribution in [3.8, 4) is 11.3 Å². The van der Waals surface area contributed by atoms with Gasteiger partial charge in [0.05, 0.1) is 0 Å². The fourth-order valence-corrected chi connectivity index (χ4v) is 2.05. The molecule has 2 aromatic heterocycles. The molecule has 2 N–H and O–H groups in total. The van der Waals surface area contributed by atoms with Crippen molar-refractivity contribution < 1.29 is 19.1 Å². The molecule has 0 spiro atoms. The zero-order valence-corrected chi connectivity index (χ0v) is 9.71. The van der Waals surface area contributed by atoms with Crippen LogP contribution in [0, 0.1) is 0 Å². The van der Waals surface area contributed by atoms with E-state index in [0.29, 0.717) is 17.6 Å². The van der Waals surface area contributed by atoms with Crippen LogP contribution < -0.4 is 0 Å². The fourth-order valence-electron chi connectivity index (χ4n) is 2.05. The number of aromatic amines is 1. The molecule has 1 aromatic carbocycles. The molecular formula is C14H9NO4. The first-order chi connectivity index (χ1) is 9.19. The lowest BCUT2D eigenvalue weighted by molar-refractivity contribution is 0.0691. The number of H-pyrrole nitrogens is 1. The molecule has 0 bridgehead atoms. The maximum atomic E-state index is 11.0. The van der Waals surface area contributed by atoms with E-state index in [2.05, 4.69) is 4.98 Å². The molecule has 3 rings (SSSR count). The Bertz CT molecular complexity index is 782. The highest BCUT2D eigenvalue weighted by atomic mass is 16.4. The first-order valence-electron chi connectivity index (χ1n) is 5.59. The molecule has 0 saturated heterocycles. The first kappa shape index (κ1) is 11.3. The number of rotatable bonds is 3. The van der Waals surface area contributed by atoms with Crippen molar-refractivity contribution >= 4 is 23.2 Å². The van der Waals surface area contributed by atoms with Crippen LogP contribution in [-0.4, -0.2) is 22.3 Å². The molecule has 5 heteroatoms. The van der Waals surface area contributed by atoms with Crippen LogP contribution in [-0.2, 0) is 0 Å². The maximum absolute atomic E-state index is 11.0. The molecule has 94 valence electrons. The third kappa shape index (κ3) is 1.81. The molecule has 0 aliphatic rings. The van der Waals surface area contributed by atoms with E-state index < -0.39 is 5.97 Å². The molecular weight excluding hydrogens is 246 g/mol. The summed E-state index contributed by atoms with van der Waals surface area (Å²) >= 11 is 0. The third-order valence-corrected chi connectivity index (χ3v) is 2.90. The van der Waals surface area contributed by atoms with Crippen LogP contribution in [0.3, 0.4) is 0 Å². The van der Waals surface area contributed by atoms with Gasteiger partial charge in [0.2, 0.25) is 0 Å². The van der Waals surface area contributed by atoms with E-state index >= 15 is 0 Å². The van der Waals surface area contributed by atoms with Crippen LogP contribution in [0.15, 0.2) is 40.8 Å². The van der Waals surface area contributed by atoms with E-state index in [9.17, 15) is 9.59 Å². The highest BCUT2D eigenvalue weighted by Crippen LogP contribution is 2.30. The van der Waals surface area contributed by atoms with Gasteiger partial charge < -0.3 is 14.5 Å². The number of benzene rings is 1. The summed E-state index contributed by atoms with van der Waals surface area (Å²) < 4.78 is 5.37. The van der Waals surface area contributed by atoms with Crippen molar-refractivity contribution in [3.63, 3.8) is 0 Å². The number of carbonyl (C=O) groups excluding carboxylic acids is 1. The van der Waals surface area contributed by atoms with E-state index in [1.54, 1.807) is 30.3 Å². The van der Waals surface area contributed by atoms with Crippen molar-refractivity contribution in [2.45, 2.75) is 0 Å². The highest BCUT2D eigenvalue weighted by molar-refractivity contribution is 6.00. The SMILES string of the molecule is O=Cc1ccc(-c2cccc3[nH]c(C(=O)O)cc23)o1. The molecule has 5 nitrogen and oxygen atoms in total. The minimum absolute atomic E-state index is 0.115. The molecule has 0 radical (unpaired) electrons. The minimum Gasteiger partial charge on any atom is -0.477 e. The van der Waals surface area contributed by atoms with Gasteiger partial charge in [-0.05, 0) is 24.3 Å². The molecule has 0 aliphatic heterocycles. The largest absolute Gasteiger partial charge is 0.477 e. The molecule has 0 atom stereocenters. The Kier molecular flexibility index (Phi) is 2.45. The van der Waals surface area contributed by atoms with Gasteiger partial charge in [0.1, 0.15) is 11.5 Å². The number of hydrogen-bond acceptors (Lipinski definition) is 3. The molecule has 0 saturated carbocycles. The van der Waals surface area contributed by atoms with Crippen molar-refractivity contribution in [1.29, 1.82) is 0 Å². The van der Waals surface area contributed by atoms with E-state index in [4.69, 9.17) is 9.52 Å². The van der Waals surface area contributed by atoms with Gasteiger partial charge in [-0.25, -0.2) is 4.79 Å². The Morgan fingerprint density at radius 3 is 2.79 bits per heavy atom. The number of carbonyl (C=O) groups is 2. The molecule has 19 heavy (non-hydrogen) atoms. The van der Waals surface area contributed by atoms with E-state index in [-0.39, 0.29) is 11.5 Å². The van der Waals surface area contributed by atoms with Crippen molar-refractivity contribution in [1.82, 2.24) is 4.98 Å². The minimum atomic E-state index is -1.02. The summed E-state index contributed by atoms with van der Waals surface area (Å²) in [4.78, 5) is 24.4. The van der Waals surface area contributed by atoms with Gasteiger partial charge >= 0.3 is 5.97 Å². The van der Waals surface area contributed by atoms with Gasteiger partial charge in [0.15, 0.2) is 12.0 Å². The maximum Gasteiger partial charge on any atom is 0.352 e. The summed E-state index contributed by atoms with van der Waals surface area (Å²) in [5, 5.41) is 9.73. The number of fused-ring (bicyclic) bond motifs is 1. The smallest absolute Gasteiger partial charge is 0.352 e. The number of hydrogen-bond donors (Lipinski definition) is 2. The molecule has 3 aromatic rings. The number of nitrogens with one attached hydrogen (secondary N) is 1. The van der Waals surface area contributed by atoms with Crippen LogP contribution in [0.4, 0.5) is 0 Å². The number of aromatic nitrogens is 1. The van der Waals surface area contributed by atoms with Gasteiger partial charge in [-0.2, -0.15) is 0 Å². The zero-order chi connectivity index (χ0) is 13.4. The number of carboxylic acid groups (broad SMARTS) is 1. The quantitative estimate of drug-likeness (QED) is 0.705. The average Bonchev–Trinajstić information content (AvgIpc) is 3.04. The number of furan rings is 1. The van der Waals surface area contributed by atoms with Gasteiger partial charge in [-0.1, -0.05) is 12.1 Å². The molecule has 0 unspecified atom stereocenters. The van der Waals surface area contributed by atoms with Gasteiger partial charge in [0, 0.05) is 16.5 Å². The Morgan fingerprint density at radius 1 is 1.26 bits per heavy atom. The number of aldehydes is 1. The summed E-state index contributed by atoms with van der Waals surface area (Å²) in [7, 11) is 0. The van der Waals surface area contributed by atoms with Crippen LogP contribution in [0.1, 0.15) is 21.0 Å². The topological polar surface area (TPSA) is 83.3 Å². The predicted octanol–water partition coefficient (Wildman–Crippen LogP) is 2.94. The third-order valence-electron chi connectivity index (χ3n) is 2.90. The van der Waals surface area contributed by atoms with Crippen LogP contribution in [0.2, 0.25) is 0 Å². The van der Waals surface area contributed by atoms with Crippen LogP contribution in [0.25, 0.3) is 22.2 Å². The summed E-state index contributed by atoms with van der Waals surface area (Å²) in [5.74, 6) is -0.250. The zero-order valence-electron chi connectivity index (χ0n) is 9.71. The second-order valence-corrected chi connectivity index (χ2v) is 4.07. The average molecular weight is 255 g/mol. The monoisotopic (exact) mass is 255 g/mol. The van der Waals surface area contributed by atoms with E-state index in [1.165, 1.54) is 0 Å². The van der Waals surface area contributed by atoms with E-state index in [0.717, 1.165) is 10.9 Å². The summed E-state index contributed by atoms with van der Waals surface area (Å²) in [5.41, 5.74) is 1.57. The van der Waals surface area contributed by atoms with Gasteiger partial charge in [-0.15, -0.1) is 0 Å². The highest BCUT2D eigenvalue weighted by Gasteiger charge is 2.13. The van der Waals surface area contributed by atoms with Crippen molar-refractivity contribution in [3.05, 3.63) is 47.9 Å². The van der Waals surface area contributed by atoms with E-state index in [1.807, 2.05) is 6.07 Å². The standard InChI is InChI=1S/C14H9NO4/c16-7-8-4-5-13(19-8)9-2-1-3-11-10(9)6-12(15-11)14(17)18/h1-7,15H,(H,17,18). The normalized spacial score (nSPS) is 10.7. The summed E-state index contributed by atoms with van der Waals surface area (Å²) in [6.07, 6.45) is 0.628. The summed E-state index contributed by atoms with van der Waals surface area (Å²) in [6.45, 7) is 0. The second-order valence-electron chi connectivity index (χ2n) is 4.07. The second kappa shape index (κ2) is 4.13. The van der Waals surface area contributed by atoms with Crippen molar-refractivity contribution in [2.24, 2.45) is 0 Å². The molecule has 2 heterocycles. The summed E-state index contributed by atoms with van der Waals surface area (Å²) in [6, 6.07) is 10.2. The Labute approximate surface area is 107 Å². The lowest BCUT2D eigenvalue weighted by Gasteiger charge is -1.98. The number of aromatic carboxylic acids is 1. The molecule has 0 amide bonds. The fraction of sp³-hybridized carbons (Fsp3) is 0. The van der Waals surface area contributed by atoms with Crippen LogP contribution >= 0.6 is 0 Å². The lowest BCUT2D eigenvalue weighted by Crippen LogP contribution is -1.94.